The number of amides is 5. The van der Waals surface area contributed by atoms with Crippen molar-refractivity contribution in [2.45, 2.75) is 141 Å². The van der Waals surface area contributed by atoms with E-state index in [2.05, 4.69) is 40.3 Å². The summed E-state index contributed by atoms with van der Waals surface area (Å²) in [7, 11) is 0. The Balaban J connectivity index is 1.17. The monoisotopic (exact) mass is 785 g/mol. The number of nitrogens with one attached hydrogen (secondary N) is 4. The second kappa shape index (κ2) is 17.2. The van der Waals surface area contributed by atoms with Gasteiger partial charge in [-0.05, 0) is 103 Å². The van der Waals surface area contributed by atoms with Gasteiger partial charge in [0.1, 0.15) is 18.1 Å². The van der Waals surface area contributed by atoms with Crippen LogP contribution in [0.5, 0.6) is 0 Å². The molecular formula is C44H59N5O6S. The molecule has 0 bridgehead atoms. The number of thiophene rings is 1. The second-order valence-corrected chi connectivity index (χ2v) is 18.8. The summed E-state index contributed by atoms with van der Waals surface area (Å²) >= 11 is 1.32. The number of fused-ring (bicyclic) bond motifs is 1. The topological polar surface area (TPSA) is 154 Å². The summed E-state index contributed by atoms with van der Waals surface area (Å²) in [5.41, 5.74) is 1.75. The van der Waals surface area contributed by atoms with Crippen molar-refractivity contribution in [3.05, 3.63) is 57.8 Å². The smallest absolute Gasteiger partial charge is 0.289 e. The standard InChI is InChI=1S/C44H59N5O6S/c1-26(2)32-18-21-49(36(32)40(52)46-33(23-27-11-9-12-27)37(50)41(53)45-31-16-17-31)43(55)35(30-24-28-13-5-6-14-29(28)25-30)47-42(54)38(44(3)19-7-4-8-20-44)48-39(51)34-15-10-22-56-34/h5-6,10,13-15,22,26-27,30-33,35-36,38H,4,7-9,11-12,16-21,23-25H2,1-3H3,(H,45,53)(H,46,52)(H,47,54)(H,48,51)/t32-,33?,35+,36+,38-/m1/s1. The van der Waals surface area contributed by atoms with E-state index in [4.69, 9.17) is 0 Å². The van der Waals surface area contributed by atoms with Crippen LogP contribution in [-0.4, -0.2) is 77.0 Å². The average Bonchev–Trinajstić information content (AvgIpc) is 3.53. The molecule has 4 aliphatic carbocycles. The normalized spacial score (nSPS) is 23.7. The highest BCUT2D eigenvalue weighted by Crippen LogP contribution is 2.40. The van der Waals surface area contributed by atoms with Crippen LogP contribution in [-0.2, 0) is 36.8 Å². The molecule has 3 saturated carbocycles. The molecule has 4 fully saturated rings. The summed E-state index contributed by atoms with van der Waals surface area (Å²) in [6, 6.07) is 7.99. The van der Waals surface area contributed by atoms with Gasteiger partial charge in [0.05, 0.1) is 10.9 Å². The van der Waals surface area contributed by atoms with Gasteiger partial charge in [0, 0.05) is 12.6 Å². The number of likely N-dealkylation sites (tertiary alicyclic amines) is 1. The minimum absolute atomic E-state index is 0.0120. The Hall–Kier alpha value is -4.06. The van der Waals surface area contributed by atoms with Gasteiger partial charge in [-0.2, -0.15) is 0 Å². The molecule has 5 amide bonds. The maximum atomic E-state index is 15.2. The molecule has 2 aromatic rings. The van der Waals surface area contributed by atoms with Crippen LogP contribution in [0.1, 0.15) is 119 Å². The van der Waals surface area contributed by atoms with Crippen molar-refractivity contribution in [3.8, 4) is 0 Å². The van der Waals surface area contributed by atoms with Crippen molar-refractivity contribution in [2.24, 2.45) is 29.1 Å². The highest BCUT2D eigenvalue weighted by Gasteiger charge is 2.49. The molecule has 12 heteroatoms. The SMILES string of the molecule is CC(C)[C@H]1CCN(C(=O)[C@@H](NC(=O)[C@@H](NC(=O)c2cccs2)C2(C)CCCCC2)C2Cc3ccccc3C2)[C@@H]1C(=O)NC(CC1CCC1)C(=O)C(=O)NC1CC1. The number of carbonyl (C=O) groups excluding carboxylic acids is 6. The van der Waals surface area contributed by atoms with Crippen LogP contribution >= 0.6 is 11.3 Å². The lowest BCUT2D eigenvalue weighted by molar-refractivity contribution is -0.145. The summed E-state index contributed by atoms with van der Waals surface area (Å²) in [6.07, 6.45) is 11.3. The molecule has 302 valence electrons. The fourth-order valence-corrected chi connectivity index (χ4v) is 10.4. The van der Waals surface area contributed by atoms with Gasteiger partial charge in [-0.3, -0.25) is 28.8 Å². The maximum absolute atomic E-state index is 15.2. The number of rotatable bonds is 15. The highest BCUT2D eigenvalue weighted by molar-refractivity contribution is 7.12. The first-order valence-electron chi connectivity index (χ1n) is 21.1. The third-order valence-electron chi connectivity index (χ3n) is 13.5. The Bertz CT molecular complexity index is 1760. The zero-order valence-corrected chi connectivity index (χ0v) is 34.0. The van der Waals surface area contributed by atoms with Gasteiger partial charge >= 0.3 is 0 Å². The van der Waals surface area contributed by atoms with Crippen LogP contribution < -0.4 is 21.3 Å². The first-order valence-corrected chi connectivity index (χ1v) is 22.0. The Labute approximate surface area is 334 Å². The molecule has 5 atom stereocenters. The molecule has 1 aliphatic heterocycles. The number of Topliss-reactive ketones (excluding diaryl/α,β-unsaturated/α-hetero) is 1. The van der Waals surface area contributed by atoms with Gasteiger partial charge in [0.2, 0.25) is 23.5 Å². The molecule has 0 spiro atoms. The molecule has 11 nitrogen and oxygen atoms in total. The summed E-state index contributed by atoms with van der Waals surface area (Å²) in [4.78, 5) is 86.7. The Morgan fingerprint density at radius 2 is 1.54 bits per heavy atom. The molecule has 56 heavy (non-hydrogen) atoms. The summed E-state index contributed by atoms with van der Waals surface area (Å²) < 4.78 is 0. The number of ketones is 1. The van der Waals surface area contributed by atoms with Crippen molar-refractivity contribution in [2.75, 3.05) is 6.54 Å². The molecular weight excluding hydrogens is 727 g/mol. The van der Waals surface area contributed by atoms with E-state index in [1.165, 1.54) is 11.3 Å². The zero-order chi connectivity index (χ0) is 39.6. The predicted molar refractivity (Wildman–Crippen MR) is 215 cm³/mol. The van der Waals surface area contributed by atoms with E-state index in [0.717, 1.165) is 75.3 Å². The van der Waals surface area contributed by atoms with Gasteiger partial charge < -0.3 is 26.2 Å². The quantitative estimate of drug-likeness (QED) is 0.184. The van der Waals surface area contributed by atoms with E-state index in [0.29, 0.717) is 37.1 Å². The van der Waals surface area contributed by atoms with Gasteiger partial charge in [-0.15, -0.1) is 11.3 Å². The molecule has 1 saturated heterocycles. The molecule has 1 aromatic carbocycles. The van der Waals surface area contributed by atoms with Crippen molar-refractivity contribution in [1.82, 2.24) is 26.2 Å². The number of hydrogen-bond acceptors (Lipinski definition) is 7. The van der Waals surface area contributed by atoms with Gasteiger partial charge in [-0.25, -0.2) is 0 Å². The minimum Gasteiger partial charge on any atom is -0.347 e. The molecule has 7 rings (SSSR count). The average molecular weight is 786 g/mol. The molecule has 2 heterocycles. The van der Waals surface area contributed by atoms with Crippen LogP contribution in [0, 0.1) is 29.1 Å². The van der Waals surface area contributed by atoms with Crippen molar-refractivity contribution < 1.29 is 28.8 Å². The third-order valence-corrected chi connectivity index (χ3v) is 14.4. The molecule has 5 aliphatic rings. The second-order valence-electron chi connectivity index (χ2n) is 17.9. The number of hydrogen-bond donors (Lipinski definition) is 4. The van der Waals surface area contributed by atoms with E-state index >= 15 is 4.79 Å². The van der Waals surface area contributed by atoms with E-state index in [1.54, 1.807) is 11.0 Å². The van der Waals surface area contributed by atoms with Crippen molar-refractivity contribution in [1.29, 1.82) is 0 Å². The summed E-state index contributed by atoms with van der Waals surface area (Å²) in [5.74, 6) is -2.89. The predicted octanol–water partition coefficient (Wildman–Crippen LogP) is 5.11. The van der Waals surface area contributed by atoms with Crippen LogP contribution in [0.25, 0.3) is 0 Å². The Morgan fingerprint density at radius 3 is 2.12 bits per heavy atom. The fourth-order valence-electron chi connectivity index (χ4n) is 9.73. The summed E-state index contributed by atoms with van der Waals surface area (Å²) in [5, 5.41) is 13.9. The zero-order valence-electron chi connectivity index (χ0n) is 33.1. The van der Waals surface area contributed by atoms with Gasteiger partial charge in [0.15, 0.2) is 0 Å². The van der Waals surface area contributed by atoms with Crippen LogP contribution in [0.15, 0.2) is 41.8 Å². The Kier molecular flexibility index (Phi) is 12.3. The maximum Gasteiger partial charge on any atom is 0.289 e. The largest absolute Gasteiger partial charge is 0.347 e. The van der Waals surface area contributed by atoms with Gasteiger partial charge in [-0.1, -0.05) is 89.6 Å². The minimum atomic E-state index is -0.972. The first-order chi connectivity index (χ1) is 26.9. The van der Waals surface area contributed by atoms with E-state index in [-0.39, 0.29) is 47.4 Å². The number of carbonyl (C=O) groups is 6. The lowest BCUT2D eigenvalue weighted by Crippen LogP contribution is -2.62. The molecule has 1 aromatic heterocycles. The van der Waals surface area contributed by atoms with Crippen LogP contribution in [0.3, 0.4) is 0 Å². The summed E-state index contributed by atoms with van der Waals surface area (Å²) in [6.45, 7) is 6.47. The molecule has 0 radical (unpaired) electrons. The number of benzene rings is 1. The third kappa shape index (κ3) is 8.90. The lowest BCUT2D eigenvalue weighted by Gasteiger charge is -2.41. The highest BCUT2D eigenvalue weighted by atomic mass is 32.1. The van der Waals surface area contributed by atoms with E-state index in [9.17, 15) is 24.0 Å². The van der Waals surface area contributed by atoms with Crippen LogP contribution in [0.4, 0.5) is 0 Å². The number of nitrogens with zero attached hydrogens (tertiary/aromatic N) is 1. The van der Waals surface area contributed by atoms with Crippen LogP contribution in [0.2, 0.25) is 0 Å². The first kappa shape index (κ1) is 40.1. The lowest BCUT2D eigenvalue weighted by atomic mass is 9.70. The van der Waals surface area contributed by atoms with E-state index in [1.807, 2.05) is 37.4 Å². The van der Waals surface area contributed by atoms with E-state index < -0.39 is 47.2 Å². The van der Waals surface area contributed by atoms with Crippen molar-refractivity contribution >= 4 is 46.7 Å². The fraction of sp³-hybridized carbons (Fsp3) is 0.636. The van der Waals surface area contributed by atoms with Gasteiger partial charge in [0.25, 0.3) is 11.8 Å². The Morgan fingerprint density at radius 1 is 0.839 bits per heavy atom. The molecule has 4 N–H and O–H groups in total. The molecule has 1 unspecified atom stereocenters. The van der Waals surface area contributed by atoms with Crippen molar-refractivity contribution in [3.63, 3.8) is 0 Å².